The number of benzene rings is 1. The van der Waals surface area contributed by atoms with Crippen LogP contribution in [0.25, 0.3) is 10.9 Å². The Hall–Kier alpha value is -3.39. The van der Waals surface area contributed by atoms with Crippen LogP contribution in [0.1, 0.15) is 38.2 Å². The molecule has 2 aromatic rings. The molecule has 0 bridgehead atoms. The minimum Gasteiger partial charge on any atom is -0.383 e. The van der Waals surface area contributed by atoms with Crippen molar-refractivity contribution in [2.24, 2.45) is 11.8 Å². The molecule has 4 rings (SSSR count). The van der Waals surface area contributed by atoms with Gasteiger partial charge in [0.1, 0.15) is 6.29 Å². The zero-order valence-corrected chi connectivity index (χ0v) is 22.9. The number of piperidine rings is 1. The summed E-state index contributed by atoms with van der Waals surface area (Å²) in [7, 11) is 3.90. The Balaban J connectivity index is 1.58. The number of nitrogens with one attached hydrogen (secondary N) is 2. The van der Waals surface area contributed by atoms with E-state index in [1.807, 2.05) is 50.3 Å². The van der Waals surface area contributed by atoms with Crippen LogP contribution < -0.4 is 10.6 Å². The summed E-state index contributed by atoms with van der Waals surface area (Å²) >= 11 is 0. The lowest BCUT2D eigenvalue weighted by Gasteiger charge is -2.36. The van der Waals surface area contributed by atoms with Crippen LogP contribution in [0.5, 0.6) is 0 Å². The number of rotatable bonds is 12. The third kappa shape index (κ3) is 6.72. The van der Waals surface area contributed by atoms with Gasteiger partial charge in [0.2, 0.25) is 11.8 Å². The fraction of sp³-hybridized carbons (Fsp3) is 0.500. The van der Waals surface area contributed by atoms with Crippen molar-refractivity contribution in [1.82, 2.24) is 25.0 Å². The first-order valence-corrected chi connectivity index (χ1v) is 13.8. The molecule has 2 N–H and O–H groups in total. The number of aromatic nitrogens is 1. The largest absolute Gasteiger partial charge is 0.383 e. The van der Waals surface area contributed by atoms with Crippen molar-refractivity contribution >= 4 is 29.0 Å². The molecule has 2 aliphatic rings. The van der Waals surface area contributed by atoms with E-state index in [1.165, 1.54) is 0 Å². The molecule has 8 heteroatoms. The molecule has 2 amide bonds. The van der Waals surface area contributed by atoms with Crippen molar-refractivity contribution in [2.45, 2.75) is 51.7 Å². The molecule has 1 aliphatic heterocycles. The molecule has 1 aliphatic carbocycles. The highest BCUT2D eigenvalue weighted by atomic mass is 16.2. The van der Waals surface area contributed by atoms with E-state index in [0.29, 0.717) is 32.6 Å². The minimum absolute atomic E-state index is 0.00470. The van der Waals surface area contributed by atoms with Crippen molar-refractivity contribution in [3.8, 4) is 0 Å². The van der Waals surface area contributed by atoms with Gasteiger partial charge in [0.05, 0.1) is 5.92 Å². The molecular weight excluding hydrogens is 478 g/mol. The Bertz CT molecular complexity index is 1190. The first-order valence-electron chi connectivity index (χ1n) is 13.8. The Labute approximate surface area is 225 Å². The van der Waals surface area contributed by atoms with Crippen LogP contribution in [0.15, 0.2) is 54.4 Å². The van der Waals surface area contributed by atoms with Gasteiger partial charge in [0.25, 0.3) is 0 Å². The van der Waals surface area contributed by atoms with Gasteiger partial charge in [-0.3, -0.25) is 14.4 Å². The molecule has 2 heterocycles. The van der Waals surface area contributed by atoms with Crippen molar-refractivity contribution in [2.75, 3.05) is 33.7 Å². The maximum Gasteiger partial charge on any atom is 0.228 e. The fourth-order valence-corrected chi connectivity index (χ4v) is 5.38. The van der Waals surface area contributed by atoms with Crippen molar-refractivity contribution in [3.05, 3.63) is 60.0 Å². The van der Waals surface area contributed by atoms with Gasteiger partial charge in [0.15, 0.2) is 0 Å². The number of amides is 2. The Morgan fingerprint density at radius 1 is 1.16 bits per heavy atom. The maximum absolute atomic E-state index is 14.1. The SMILES string of the molecule is CCC(=O)NCCn1cc(CN(C(=O)[C@H]2CNCC[C@@H]2C(/C=C\N(C)C)=C/C=O)C2CC2)c2ccccc21. The first-order chi connectivity index (χ1) is 18.4. The third-order valence-corrected chi connectivity index (χ3v) is 7.53. The molecule has 2 fully saturated rings. The number of allylic oxidation sites excluding steroid dienone is 3. The van der Waals surface area contributed by atoms with E-state index in [-0.39, 0.29) is 29.7 Å². The van der Waals surface area contributed by atoms with Gasteiger partial charge in [0, 0.05) is 69.8 Å². The summed E-state index contributed by atoms with van der Waals surface area (Å²) in [4.78, 5) is 41.3. The van der Waals surface area contributed by atoms with Crippen molar-refractivity contribution in [3.63, 3.8) is 0 Å². The van der Waals surface area contributed by atoms with E-state index >= 15 is 0 Å². The Kier molecular flexibility index (Phi) is 9.39. The molecule has 8 nitrogen and oxygen atoms in total. The predicted octanol–water partition coefficient (Wildman–Crippen LogP) is 3.08. The zero-order valence-electron chi connectivity index (χ0n) is 22.9. The van der Waals surface area contributed by atoms with Gasteiger partial charge in [-0.1, -0.05) is 25.1 Å². The number of aldehydes is 1. The van der Waals surface area contributed by atoms with E-state index in [0.717, 1.165) is 54.1 Å². The molecule has 0 spiro atoms. The summed E-state index contributed by atoms with van der Waals surface area (Å²) in [6.07, 6.45) is 11.8. The van der Waals surface area contributed by atoms with Crippen LogP contribution in [0.3, 0.4) is 0 Å². The van der Waals surface area contributed by atoms with Crippen molar-refractivity contribution < 1.29 is 14.4 Å². The molecule has 1 saturated carbocycles. The quantitative estimate of drug-likeness (QED) is 0.256. The van der Waals surface area contributed by atoms with Crippen LogP contribution in [-0.2, 0) is 27.5 Å². The molecule has 1 saturated heterocycles. The smallest absolute Gasteiger partial charge is 0.228 e. The standard InChI is InChI=1S/C30H41N5O3/c1-4-29(37)32-15-17-34-20-23(26-7-5-6-8-28(26)34)21-35(24-9-10-24)30(38)27-19-31-14-11-25(27)22(13-18-36)12-16-33(2)3/h5-8,12-13,16,18,20,24-25,27,31H,4,9-11,14-15,17,19,21H2,1-3H3,(H,32,37)/b16-12-,22-13+/t25-,27+/m1/s1. The molecular formula is C30H41N5O3. The van der Waals surface area contributed by atoms with Crippen LogP contribution in [0.2, 0.25) is 0 Å². The van der Waals surface area contributed by atoms with Gasteiger partial charge in [-0.05, 0) is 67.3 Å². The van der Waals surface area contributed by atoms with Crippen molar-refractivity contribution in [1.29, 1.82) is 0 Å². The lowest BCUT2D eigenvalue weighted by molar-refractivity contribution is -0.138. The van der Waals surface area contributed by atoms with Gasteiger partial charge in [-0.15, -0.1) is 0 Å². The Morgan fingerprint density at radius 3 is 2.66 bits per heavy atom. The number of nitrogens with zero attached hydrogens (tertiary/aromatic N) is 3. The Morgan fingerprint density at radius 2 is 1.95 bits per heavy atom. The second kappa shape index (κ2) is 12.9. The number of fused-ring (bicyclic) bond motifs is 1. The number of para-hydroxylation sites is 1. The number of carbonyl (C=O) groups excluding carboxylic acids is 3. The summed E-state index contributed by atoms with van der Waals surface area (Å²) in [5.41, 5.74) is 3.15. The molecule has 1 aromatic heterocycles. The van der Waals surface area contributed by atoms with Crippen LogP contribution in [0.4, 0.5) is 0 Å². The van der Waals surface area contributed by atoms with E-state index in [2.05, 4.69) is 38.4 Å². The molecule has 1 aromatic carbocycles. The molecule has 38 heavy (non-hydrogen) atoms. The highest BCUT2D eigenvalue weighted by Crippen LogP contribution is 2.36. The fourth-order valence-electron chi connectivity index (χ4n) is 5.38. The predicted molar refractivity (Wildman–Crippen MR) is 150 cm³/mol. The summed E-state index contributed by atoms with van der Waals surface area (Å²) in [5, 5.41) is 7.52. The monoisotopic (exact) mass is 519 g/mol. The average molecular weight is 520 g/mol. The van der Waals surface area contributed by atoms with Crippen LogP contribution in [-0.4, -0.2) is 72.2 Å². The molecule has 0 radical (unpaired) electrons. The molecule has 2 atom stereocenters. The van der Waals surface area contributed by atoms with Crippen LogP contribution >= 0.6 is 0 Å². The van der Waals surface area contributed by atoms with Gasteiger partial charge < -0.3 is 25.0 Å². The van der Waals surface area contributed by atoms with E-state index in [9.17, 15) is 14.4 Å². The number of hydrogen-bond acceptors (Lipinski definition) is 5. The third-order valence-electron chi connectivity index (χ3n) is 7.53. The second-order valence-corrected chi connectivity index (χ2v) is 10.6. The van der Waals surface area contributed by atoms with E-state index in [1.54, 1.807) is 6.08 Å². The topological polar surface area (TPSA) is 86.7 Å². The van der Waals surface area contributed by atoms with Gasteiger partial charge in [-0.25, -0.2) is 0 Å². The van der Waals surface area contributed by atoms with Gasteiger partial charge in [-0.2, -0.15) is 0 Å². The average Bonchev–Trinajstić information content (AvgIpc) is 3.71. The lowest BCUT2D eigenvalue weighted by Crippen LogP contribution is -2.48. The zero-order chi connectivity index (χ0) is 27.1. The maximum atomic E-state index is 14.1. The highest BCUT2D eigenvalue weighted by Gasteiger charge is 2.40. The number of carbonyl (C=O) groups is 3. The number of hydrogen-bond donors (Lipinski definition) is 2. The summed E-state index contributed by atoms with van der Waals surface area (Å²) < 4.78 is 2.18. The van der Waals surface area contributed by atoms with Gasteiger partial charge >= 0.3 is 0 Å². The van der Waals surface area contributed by atoms with E-state index < -0.39 is 0 Å². The summed E-state index contributed by atoms with van der Waals surface area (Å²) in [6, 6.07) is 8.53. The summed E-state index contributed by atoms with van der Waals surface area (Å²) in [5.74, 6) is -0.0204. The normalized spacial score (nSPS) is 20.0. The minimum atomic E-state index is -0.222. The van der Waals surface area contributed by atoms with E-state index in [4.69, 9.17) is 0 Å². The summed E-state index contributed by atoms with van der Waals surface area (Å²) in [6.45, 7) is 5.09. The molecule has 204 valence electrons. The second-order valence-electron chi connectivity index (χ2n) is 10.6. The lowest BCUT2D eigenvalue weighted by atomic mass is 9.79. The van der Waals surface area contributed by atoms with Crippen LogP contribution in [0, 0.1) is 11.8 Å². The first kappa shape index (κ1) is 27.6. The highest BCUT2D eigenvalue weighted by molar-refractivity contribution is 5.86. The molecule has 0 unspecified atom stereocenters.